The Morgan fingerprint density at radius 2 is 1.76 bits per heavy atom. The molecule has 0 radical (unpaired) electrons. The predicted molar refractivity (Wildman–Crippen MR) is 82.8 cm³/mol. The van der Waals surface area contributed by atoms with Crippen LogP contribution in [0.1, 0.15) is 49.4 Å². The van der Waals surface area contributed by atoms with Crippen LogP contribution in [0.3, 0.4) is 0 Å². The standard InChI is InChI=1S/C16H23N3O2/c1-16(9-3-2-4-10-16)19-14(20)11-18-15(21)12-5-7-13(17)8-6-12/h5-8H,2-4,9-11,17H2,1H3,(H,18,21)(H,19,20). The number of amides is 2. The number of carbonyl (C=O) groups is 2. The van der Waals surface area contributed by atoms with Crippen molar-refractivity contribution in [3.05, 3.63) is 29.8 Å². The van der Waals surface area contributed by atoms with Gasteiger partial charge < -0.3 is 16.4 Å². The van der Waals surface area contributed by atoms with Crippen LogP contribution in [0.5, 0.6) is 0 Å². The number of nitrogens with one attached hydrogen (secondary N) is 2. The van der Waals surface area contributed by atoms with Crippen LogP contribution in [0.25, 0.3) is 0 Å². The van der Waals surface area contributed by atoms with Crippen molar-refractivity contribution in [1.29, 1.82) is 0 Å². The maximum atomic E-state index is 12.0. The fourth-order valence-corrected chi connectivity index (χ4v) is 2.74. The first kappa shape index (κ1) is 15.4. The number of anilines is 1. The van der Waals surface area contributed by atoms with Crippen molar-refractivity contribution in [2.75, 3.05) is 12.3 Å². The van der Waals surface area contributed by atoms with Crippen LogP contribution in [0.2, 0.25) is 0 Å². The molecule has 1 aromatic rings. The van der Waals surface area contributed by atoms with Gasteiger partial charge in [0.25, 0.3) is 5.91 Å². The zero-order valence-corrected chi connectivity index (χ0v) is 12.4. The molecule has 0 atom stereocenters. The SMILES string of the molecule is CC1(NC(=O)CNC(=O)c2ccc(N)cc2)CCCCC1. The lowest BCUT2D eigenvalue weighted by Gasteiger charge is -2.34. The molecule has 0 heterocycles. The van der Waals surface area contributed by atoms with E-state index >= 15 is 0 Å². The van der Waals surface area contributed by atoms with Crippen LogP contribution >= 0.6 is 0 Å². The van der Waals surface area contributed by atoms with Gasteiger partial charge in [0.1, 0.15) is 0 Å². The second-order valence-electron chi connectivity index (χ2n) is 5.97. The van der Waals surface area contributed by atoms with E-state index in [4.69, 9.17) is 5.73 Å². The fraction of sp³-hybridized carbons (Fsp3) is 0.500. The van der Waals surface area contributed by atoms with Gasteiger partial charge in [-0.25, -0.2) is 0 Å². The highest BCUT2D eigenvalue weighted by Crippen LogP contribution is 2.27. The number of hydrogen-bond acceptors (Lipinski definition) is 3. The third kappa shape index (κ3) is 4.48. The van der Waals surface area contributed by atoms with Crippen LogP contribution in [-0.4, -0.2) is 23.9 Å². The molecule has 2 amide bonds. The summed E-state index contributed by atoms with van der Waals surface area (Å²) < 4.78 is 0. The topological polar surface area (TPSA) is 84.2 Å². The molecule has 1 saturated carbocycles. The summed E-state index contributed by atoms with van der Waals surface area (Å²) in [6, 6.07) is 6.62. The molecule has 21 heavy (non-hydrogen) atoms. The molecule has 1 fully saturated rings. The van der Waals surface area contributed by atoms with Crippen molar-refractivity contribution >= 4 is 17.5 Å². The van der Waals surface area contributed by atoms with Crippen molar-refractivity contribution in [3.8, 4) is 0 Å². The number of benzene rings is 1. The Hall–Kier alpha value is -2.04. The Morgan fingerprint density at radius 1 is 1.14 bits per heavy atom. The van der Waals surface area contributed by atoms with E-state index in [0.29, 0.717) is 11.3 Å². The lowest BCUT2D eigenvalue weighted by Crippen LogP contribution is -2.50. The van der Waals surface area contributed by atoms with Gasteiger partial charge in [0, 0.05) is 16.8 Å². The van der Waals surface area contributed by atoms with Crippen LogP contribution in [0, 0.1) is 0 Å². The molecule has 4 N–H and O–H groups in total. The maximum absolute atomic E-state index is 12.0. The van der Waals surface area contributed by atoms with Gasteiger partial charge in [-0.05, 0) is 44.0 Å². The Labute approximate surface area is 125 Å². The highest BCUT2D eigenvalue weighted by atomic mass is 16.2. The fourth-order valence-electron chi connectivity index (χ4n) is 2.74. The van der Waals surface area contributed by atoms with E-state index in [1.807, 2.05) is 0 Å². The maximum Gasteiger partial charge on any atom is 0.251 e. The van der Waals surface area contributed by atoms with Gasteiger partial charge >= 0.3 is 0 Å². The Balaban J connectivity index is 1.80. The summed E-state index contributed by atoms with van der Waals surface area (Å²) >= 11 is 0. The molecule has 5 nitrogen and oxygen atoms in total. The normalized spacial score (nSPS) is 17.0. The molecule has 1 aliphatic rings. The van der Waals surface area contributed by atoms with Gasteiger partial charge in [0.05, 0.1) is 6.54 Å². The minimum absolute atomic E-state index is 0.00119. The zero-order valence-electron chi connectivity index (χ0n) is 12.4. The van der Waals surface area contributed by atoms with Crippen LogP contribution in [-0.2, 0) is 4.79 Å². The number of carbonyl (C=O) groups excluding carboxylic acids is 2. The van der Waals surface area contributed by atoms with E-state index in [1.54, 1.807) is 24.3 Å². The van der Waals surface area contributed by atoms with Gasteiger partial charge in [-0.15, -0.1) is 0 Å². The first-order valence-electron chi connectivity index (χ1n) is 7.43. The van der Waals surface area contributed by atoms with E-state index in [-0.39, 0.29) is 23.9 Å². The summed E-state index contributed by atoms with van der Waals surface area (Å²) in [6.45, 7) is 2.07. The second kappa shape index (κ2) is 6.61. The quantitative estimate of drug-likeness (QED) is 0.739. The number of nitrogens with two attached hydrogens (primary N) is 1. The smallest absolute Gasteiger partial charge is 0.251 e. The zero-order chi connectivity index (χ0) is 15.3. The molecule has 2 rings (SSSR count). The summed E-state index contributed by atoms with van der Waals surface area (Å²) in [7, 11) is 0. The van der Waals surface area contributed by atoms with Crippen molar-refractivity contribution in [2.45, 2.75) is 44.6 Å². The Morgan fingerprint density at radius 3 is 2.38 bits per heavy atom. The summed E-state index contributed by atoms with van der Waals surface area (Å²) in [5, 5.41) is 5.67. The highest BCUT2D eigenvalue weighted by Gasteiger charge is 2.28. The summed E-state index contributed by atoms with van der Waals surface area (Å²) in [5.74, 6) is -0.401. The lowest BCUT2D eigenvalue weighted by molar-refractivity contribution is -0.122. The molecular weight excluding hydrogens is 266 g/mol. The van der Waals surface area contributed by atoms with Gasteiger partial charge in [-0.3, -0.25) is 9.59 Å². The van der Waals surface area contributed by atoms with E-state index in [0.717, 1.165) is 25.7 Å². The molecular formula is C16H23N3O2. The number of rotatable bonds is 4. The second-order valence-corrected chi connectivity index (χ2v) is 5.97. The number of nitrogen functional groups attached to an aromatic ring is 1. The van der Waals surface area contributed by atoms with Gasteiger partial charge in [0.2, 0.25) is 5.91 Å². The van der Waals surface area contributed by atoms with E-state index in [9.17, 15) is 9.59 Å². The lowest BCUT2D eigenvalue weighted by atomic mass is 9.83. The van der Waals surface area contributed by atoms with Crippen LogP contribution in [0.4, 0.5) is 5.69 Å². The van der Waals surface area contributed by atoms with Crippen LogP contribution in [0.15, 0.2) is 24.3 Å². The molecule has 1 aromatic carbocycles. The predicted octanol–water partition coefficient (Wildman–Crippen LogP) is 1.84. The molecule has 0 spiro atoms. The molecule has 0 bridgehead atoms. The average molecular weight is 289 g/mol. The summed E-state index contributed by atoms with van der Waals surface area (Å²) in [4.78, 5) is 23.9. The first-order chi connectivity index (χ1) is 9.98. The van der Waals surface area contributed by atoms with E-state index in [2.05, 4.69) is 17.6 Å². The Kier molecular flexibility index (Phi) is 4.83. The third-order valence-corrected chi connectivity index (χ3v) is 3.98. The Bertz CT molecular complexity index is 505. The first-order valence-corrected chi connectivity index (χ1v) is 7.43. The monoisotopic (exact) mass is 289 g/mol. The highest BCUT2D eigenvalue weighted by molar-refractivity contribution is 5.96. The minimum atomic E-state index is -0.265. The van der Waals surface area contributed by atoms with Gasteiger partial charge in [0.15, 0.2) is 0 Å². The van der Waals surface area contributed by atoms with Crippen LogP contribution < -0.4 is 16.4 Å². The molecule has 0 aliphatic heterocycles. The minimum Gasteiger partial charge on any atom is -0.399 e. The van der Waals surface area contributed by atoms with Gasteiger partial charge in [-0.1, -0.05) is 19.3 Å². The van der Waals surface area contributed by atoms with Crippen molar-refractivity contribution in [3.63, 3.8) is 0 Å². The number of hydrogen-bond donors (Lipinski definition) is 3. The molecule has 1 aliphatic carbocycles. The molecule has 0 saturated heterocycles. The largest absolute Gasteiger partial charge is 0.399 e. The third-order valence-electron chi connectivity index (χ3n) is 3.98. The molecule has 0 aromatic heterocycles. The molecule has 114 valence electrons. The van der Waals surface area contributed by atoms with Crippen molar-refractivity contribution in [1.82, 2.24) is 10.6 Å². The summed E-state index contributed by atoms with van der Waals surface area (Å²) in [5.41, 5.74) is 6.55. The van der Waals surface area contributed by atoms with Crippen molar-refractivity contribution < 1.29 is 9.59 Å². The van der Waals surface area contributed by atoms with E-state index < -0.39 is 0 Å². The molecule has 0 unspecified atom stereocenters. The van der Waals surface area contributed by atoms with Gasteiger partial charge in [-0.2, -0.15) is 0 Å². The average Bonchev–Trinajstić information content (AvgIpc) is 2.46. The molecule has 5 heteroatoms. The van der Waals surface area contributed by atoms with Crippen molar-refractivity contribution in [2.24, 2.45) is 0 Å². The summed E-state index contributed by atoms with van der Waals surface area (Å²) in [6.07, 6.45) is 5.54. The van der Waals surface area contributed by atoms with E-state index in [1.165, 1.54) is 6.42 Å².